The van der Waals surface area contributed by atoms with E-state index in [0.29, 0.717) is 11.3 Å². The summed E-state index contributed by atoms with van der Waals surface area (Å²) < 4.78 is 5.62. The fraction of sp³-hybridized carbons (Fsp3) is 0.529. The van der Waals surface area contributed by atoms with Gasteiger partial charge in [-0.2, -0.15) is 0 Å². The van der Waals surface area contributed by atoms with Gasteiger partial charge in [0.2, 0.25) is 11.8 Å². The minimum absolute atomic E-state index is 0.0335. The molecule has 0 saturated heterocycles. The van der Waals surface area contributed by atoms with Gasteiger partial charge in [-0.15, -0.1) is 0 Å². The minimum Gasteiger partial charge on any atom is -0.510 e. The Balaban J connectivity index is 1.97. The third-order valence-electron chi connectivity index (χ3n) is 9.19. The fourth-order valence-electron chi connectivity index (χ4n) is 7.06. The highest BCUT2D eigenvalue weighted by molar-refractivity contribution is 6.26. The van der Waals surface area contributed by atoms with E-state index in [0.717, 1.165) is 6.92 Å². The van der Waals surface area contributed by atoms with Crippen LogP contribution in [0.15, 0.2) is 23.0 Å². The predicted molar refractivity (Wildman–Crippen MR) is 177 cm³/mol. The van der Waals surface area contributed by atoms with Gasteiger partial charge in [-0.25, -0.2) is 0 Å². The highest BCUT2D eigenvalue weighted by Gasteiger charge is 2.62. The van der Waals surface area contributed by atoms with Crippen LogP contribution in [0.4, 0.5) is 11.4 Å². The SMILES string of the molecule is CC(=O)NC(=O)C1=C(O)[C@@]2(C)C(=O)C3=C(O)c4c(c(N(C)C)cc(NC(=O)CNC(C)(C)C)c4OC(C)=O)C[C@H]3C[C@H]2[C@H](N(C)C)C1=O. The Kier molecular flexibility index (Phi) is 9.68. The number of ketones is 2. The number of benzene rings is 1. The molecule has 1 aromatic rings. The van der Waals surface area contributed by atoms with Crippen molar-refractivity contribution in [3.63, 3.8) is 0 Å². The molecule has 5 N–H and O–H groups in total. The average Bonchev–Trinajstić information content (AvgIpc) is 2.93. The van der Waals surface area contributed by atoms with Gasteiger partial charge in [0.1, 0.15) is 17.1 Å². The minimum atomic E-state index is -1.85. The van der Waals surface area contributed by atoms with Crippen LogP contribution >= 0.6 is 0 Å². The van der Waals surface area contributed by atoms with Gasteiger partial charge in [0, 0.05) is 50.7 Å². The van der Waals surface area contributed by atoms with E-state index in [1.807, 2.05) is 26.1 Å². The fourth-order valence-corrected chi connectivity index (χ4v) is 7.06. The summed E-state index contributed by atoms with van der Waals surface area (Å²) in [6.07, 6.45) is 0.346. The molecule has 1 fully saturated rings. The molecule has 0 unspecified atom stereocenters. The number of aliphatic hydroxyl groups is 2. The number of anilines is 2. The van der Waals surface area contributed by atoms with Gasteiger partial charge in [0.25, 0.3) is 5.91 Å². The van der Waals surface area contributed by atoms with Crippen LogP contribution in [0.3, 0.4) is 0 Å². The van der Waals surface area contributed by atoms with E-state index in [2.05, 4.69) is 10.6 Å². The number of allylic oxidation sites excluding steroid dienone is 2. The molecule has 4 atom stereocenters. The first-order chi connectivity index (χ1) is 22.1. The molecule has 0 aromatic heterocycles. The van der Waals surface area contributed by atoms with E-state index >= 15 is 0 Å². The zero-order valence-corrected chi connectivity index (χ0v) is 29.1. The molecule has 1 aromatic carbocycles. The first-order valence-electron chi connectivity index (χ1n) is 15.7. The summed E-state index contributed by atoms with van der Waals surface area (Å²) in [5.74, 6) is -7.40. The number of imide groups is 1. The van der Waals surface area contributed by atoms with Crippen LogP contribution in [0.2, 0.25) is 0 Å². The average molecular weight is 668 g/mol. The Labute approximate surface area is 279 Å². The number of amides is 3. The maximum atomic E-state index is 14.7. The lowest BCUT2D eigenvalue weighted by Gasteiger charge is -2.51. The molecule has 14 nitrogen and oxygen atoms in total. The Hall–Kier alpha value is -4.56. The number of Topliss-reactive ketones (excluding diaryl/α,β-unsaturated/α-hetero) is 2. The smallest absolute Gasteiger partial charge is 0.308 e. The van der Waals surface area contributed by atoms with Crippen molar-refractivity contribution < 1.29 is 43.7 Å². The number of esters is 1. The number of fused-ring (bicyclic) bond motifs is 3. The van der Waals surface area contributed by atoms with E-state index in [-0.39, 0.29) is 47.5 Å². The molecule has 48 heavy (non-hydrogen) atoms. The van der Waals surface area contributed by atoms with Crippen molar-refractivity contribution in [2.75, 3.05) is 45.0 Å². The van der Waals surface area contributed by atoms with Gasteiger partial charge in [0.15, 0.2) is 17.3 Å². The van der Waals surface area contributed by atoms with Crippen molar-refractivity contribution in [2.45, 2.75) is 66.0 Å². The van der Waals surface area contributed by atoms with Gasteiger partial charge in [-0.3, -0.25) is 39.0 Å². The van der Waals surface area contributed by atoms with Gasteiger partial charge in [-0.05, 0) is 72.2 Å². The summed E-state index contributed by atoms with van der Waals surface area (Å²) >= 11 is 0. The van der Waals surface area contributed by atoms with Crippen molar-refractivity contribution in [1.82, 2.24) is 15.5 Å². The summed E-state index contributed by atoms with van der Waals surface area (Å²) in [6, 6.07) is 0.622. The van der Waals surface area contributed by atoms with E-state index in [9.17, 15) is 39.0 Å². The lowest BCUT2D eigenvalue weighted by Crippen LogP contribution is -2.61. The Morgan fingerprint density at radius 1 is 1.06 bits per heavy atom. The molecule has 260 valence electrons. The third kappa shape index (κ3) is 6.33. The molecular formula is C34H45N5O9. The highest BCUT2D eigenvalue weighted by atomic mass is 16.5. The van der Waals surface area contributed by atoms with Gasteiger partial charge in [-0.1, -0.05) is 0 Å². The van der Waals surface area contributed by atoms with Gasteiger partial charge < -0.3 is 30.5 Å². The second-order valence-electron chi connectivity index (χ2n) is 14.3. The molecule has 0 aliphatic heterocycles. The molecule has 3 aliphatic carbocycles. The number of nitrogens with zero attached hydrogens (tertiary/aromatic N) is 2. The number of aliphatic hydroxyl groups excluding tert-OH is 2. The lowest BCUT2D eigenvalue weighted by molar-refractivity contribution is -0.140. The summed E-state index contributed by atoms with van der Waals surface area (Å²) in [5.41, 5.74) is -1.72. The molecule has 0 heterocycles. The van der Waals surface area contributed by atoms with Crippen LogP contribution in [0, 0.1) is 17.3 Å². The molecular weight excluding hydrogens is 622 g/mol. The predicted octanol–water partition coefficient (Wildman–Crippen LogP) is 2.03. The Bertz CT molecular complexity index is 1680. The van der Waals surface area contributed by atoms with E-state index in [1.54, 1.807) is 44.1 Å². The number of ether oxygens (including phenoxy) is 1. The zero-order chi connectivity index (χ0) is 36.2. The van der Waals surface area contributed by atoms with Crippen LogP contribution in [0.1, 0.15) is 59.1 Å². The Morgan fingerprint density at radius 2 is 1.69 bits per heavy atom. The van der Waals surface area contributed by atoms with Crippen molar-refractivity contribution in [1.29, 1.82) is 0 Å². The van der Waals surface area contributed by atoms with Crippen LogP contribution in [-0.4, -0.2) is 96.7 Å². The van der Waals surface area contributed by atoms with Crippen LogP contribution in [0.5, 0.6) is 5.75 Å². The van der Waals surface area contributed by atoms with Crippen molar-refractivity contribution in [2.24, 2.45) is 17.3 Å². The summed E-state index contributed by atoms with van der Waals surface area (Å²) in [4.78, 5) is 82.0. The molecule has 4 rings (SSSR count). The maximum Gasteiger partial charge on any atom is 0.308 e. The number of carbonyl (C=O) groups excluding carboxylic acids is 6. The molecule has 0 spiro atoms. The monoisotopic (exact) mass is 667 g/mol. The van der Waals surface area contributed by atoms with E-state index in [1.165, 1.54) is 13.8 Å². The zero-order valence-electron chi connectivity index (χ0n) is 29.1. The number of hydrogen-bond donors (Lipinski definition) is 5. The molecule has 14 heteroatoms. The molecule has 3 aliphatic rings. The van der Waals surface area contributed by atoms with Crippen LogP contribution in [-0.2, 0) is 35.2 Å². The van der Waals surface area contributed by atoms with Crippen molar-refractivity contribution in [3.05, 3.63) is 34.1 Å². The molecule has 3 amide bonds. The topological polar surface area (TPSA) is 195 Å². The van der Waals surface area contributed by atoms with Crippen LogP contribution in [0.25, 0.3) is 5.76 Å². The second-order valence-corrected chi connectivity index (χ2v) is 14.3. The second kappa shape index (κ2) is 12.8. The van der Waals surface area contributed by atoms with E-state index < -0.39 is 75.6 Å². The first-order valence-corrected chi connectivity index (χ1v) is 15.7. The standard InChI is InChI=1S/C34H45N5O9/c1-15(40)36-32(47)25-28(44)26(39(9)10)19-12-17-11-18-21(38(7)8)13-20(37-22(42)14-35-33(3,4)5)29(48-16(2)41)24(18)27(43)23(17)30(45)34(19,6)31(25)46/h13,17,19,26,35,43,46H,11-12,14H2,1-10H3,(H,37,42)(H,36,40,47)/t17-,19-,26-,34+/m0/s1. The highest BCUT2D eigenvalue weighted by Crippen LogP contribution is 2.58. The molecule has 0 bridgehead atoms. The largest absolute Gasteiger partial charge is 0.510 e. The number of likely N-dealkylation sites (N-methyl/N-ethyl adjacent to an activating group) is 1. The molecule has 0 radical (unpaired) electrons. The normalized spacial score (nSPS) is 23.7. The first kappa shape index (κ1) is 36.3. The number of carbonyl (C=O) groups is 6. The van der Waals surface area contributed by atoms with E-state index in [4.69, 9.17) is 4.74 Å². The Morgan fingerprint density at radius 3 is 2.21 bits per heavy atom. The van der Waals surface area contributed by atoms with Gasteiger partial charge in [0.05, 0.1) is 29.3 Å². The third-order valence-corrected chi connectivity index (χ3v) is 9.19. The summed E-state index contributed by atoms with van der Waals surface area (Å²) in [6.45, 7) is 9.29. The van der Waals surface area contributed by atoms with Crippen molar-refractivity contribution >= 4 is 52.4 Å². The number of nitrogens with one attached hydrogen (secondary N) is 3. The van der Waals surface area contributed by atoms with Gasteiger partial charge >= 0.3 is 5.97 Å². The lowest BCUT2D eigenvalue weighted by atomic mass is 9.53. The summed E-state index contributed by atoms with van der Waals surface area (Å²) in [5, 5.41) is 31.5. The van der Waals surface area contributed by atoms with Crippen molar-refractivity contribution in [3.8, 4) is 5.75 Å². The number of rotatable bonds is 7. The quantitative estimate of drug-likeness (QED) is 0.162. The molecule has 1 saturated carbocycles. The number of hydrogen-bond acceptors (Lipinski definition) is 12. The van der Waals surface area contributed by atoms with Crippen LogP contribution < -0.4 is 25.6 Å². The maximum absolute atomic E-state index is 14.7. The summed E-state index contributed by atoms with van der Waals surface area (Å²) in [7, 11) is 6.78.